The lowest BCUT2D eigenvalue weighted by molar-refractivity contribution is 0.407. The molecule has 0 aromatic heterocycles. The molecule has 1 unspecified atom stereocenters. The number of benzene rings is 1. The summed E-state index contributed by atoms with van der Waals surface area (Å²) in [6, 6.07) is 6.95. The van der Waals surface area contributed by atoms with E-state index in [1.54, 1.807) is 12.1 Å². The standard InChI is InChI=1S/C13H21N3O2S/c1-16-9-7-12(10-16)15-19(17,18)13-4-2-11(3-5-13)6-8-14/h2-5,12,15H,6-10,14H2,1H3. The minimum absolute atomic E-state index is 0.0127. The Morgan fingerprint density at radius 2 is 2.05 bits per heavy atom. The lowest BCUT2D eigenvalue weighted by Gasteiger charge is -2.13. The zero-order valence-corrected chi connectivity index (χ0v) is 12.0. The Kier molecular flexibility index (Phi) is 4.57. The largest absolute Gasteiger partial charge is 0.330 e. The van der Waals surface area contributed by atoms with Crippen molar-refractivity contribution in [3.05, 3.63) is 29.8 Å². The first-order valence-electron chi connectivity index (χ1n) is 6.51. The zero-order valence-electron chi connectivity index (χ0n) is 11.2. The first-order chi connectivity index (χ1) is 9.01. The molecular weight excluding hydrogens is 262 g/mol. The number of hydrogen-bond donors (Lipinski definition) is 2. The highest BCUT2D eigenvalue weighted by Gasteiger charge is 2.25. The molecule has 0 spiro atoms. The van der Waals surface area contributed by atoms with Crippen LogP contribution in [0.5, 0.6) is 0 Å². The number of rotatable bonds is 5. The highest BCUT2D eigenvalue weighted by Crippen LogP contribution is 2.14. The van der Waals surface area contributed by atoms with Crippen molar-refractivity contribution in [3.63, 3.8) is 0 Å². The number of hydrogen-bond acceptors (Lipinski definition) is 4. The van der Waals surface area contributed by atoms with Gasteiger partial charge < -0.3 is 10.6 Å². The number of nitrogens with zero attached hydrogens (tertiary/aromatic N) is 1. The van der Waals surface area contributed by atoms with Gasteiger partial charge in [0.05, 0.1) is 4.90 Å². The van der Waals surface area contributed by atoms with Crippen LogP contribution in [0.3, 0.4) is 0 Å². The maximum Gasteiger partial charge on any atom is 0.240 e. The lowest BCUT2D eigenvalue weighted by Crippen LogP contribution is -2.36. The molecule has 1 aromatic carbocycles. The van der Waals surface area contributed by atoms with Crippen LogP contribution >= 0.6 is 0 Å². The number of likely N-dealkylation sites (N-methyl/N-ethyl adjacent to an activating group) is 1. The molecule has 0 amide bonds. The van der Waals surface area contributed by atoms with Gasteiger partial charge in [-0.25, -0.2) is 13.1 Å². The molecule has 0 saturated carbocycles. The molecule has 0 bridgehead atoms. The summed E-state index contributed by atoms with van der Waals surface area (Å²) >= 11 is 0. The smallest absolute Gasteiger partial charge is 0.240 e. The Balaban J connectivity index is 2.06. The zero-order chi connectivity index (χ0) is 13.9. The van der Waals surface area contributed by atoms with Gasteiger partial charge in [0.25, 0.3) is 0 Å². The topological polar surface area (TPSA) is 75.4 Å². The van der Waals surface area contributed by atoms with Gasteiger partial charge in [0.15, 0.2) is 0 Å². The van der Waals surface area contributed by atoms with Crippen LogP contribution in [0, 0.1) is 0 Å². The van der Waals surface area contributed by atoms with Crippen LogP contribution in [0.25, 0.3) is 0 Å². The Labute approximate surface area is 114 Å². The van der Waals surface area contributed by atoms with Crippen LogP contribution < -0.4 is 10.5 Å². The maximum atomic E-state index is 12.2. The first kappa shape index (κ1) is 14.5. The fourth-order valence-corrected chi connectivity index (χ4v) is 3.58. The summed E-state index contributed by atoms with van der Waals surface area (Å²) in [6.45, 7) is 2.27. The molecule has 1 aliphatic heterocycles. The molecule has 1 saturated heterocycles. The van der Waals surface area contributed by atoms with Crippen LogP contribution in [0.1, 0.15) is 12.0 Å². The van der Waals surface area contributed by atoms with Crippen LogP contribution in [-0.2, 0) is 16.4 Å². The molecule has 1 atom stereocenters. The Hall–Kier alpha value is -0.950. The van der Waals surface area contributed by atoms with Crippen LogP contribution in [0.2, 0.25) is 0 Å². The van der Waals surface area contributed by atoms with Crippen LogP contribution in [-0.4, -0.2) is 46.0 Å². The van der Waals surface area contributed by atoms with Crippen molar-refractivity contribution >= 4 is 10.0 Å². The third-order valence-electron chi connectivity index (χ3n) is 3.38. The molecule has 3 N–H and O–H groups in total. The summed E-state index contributed by atoms with van der Waals surface area (Å²) in [4.78, 5) is 2.44. The number of nitrogens with one attached hydrogen (secondary N) is 1. The second kappa shape index (κ2) is 6.00. The minimum atomic E-state index is -3.41. The summed E-state index contributed by atoms with van der Waals surface area (Å²) in [7, 11) is -1.41. The van der Waals surface area contributed by atoms with Crippen LogP contribution in [0.15, 0.2) is 29.2 Å². The SMILES string of the molecule is CN1CCC(NS(=O)(=O)c2ccc(CCN)cc2)C1. The molecule has 1 aliphatic rings. The molecular formula is C13H21N3O2S. The molecule has 1 fully saturated rings. The van der Waals surface area contributed by atoms with E-state index in [0.717, 1.165) is 31.5 Å². The van der Waals surface area contributed by atoms with Gasteiger partial charge >= 0.3 is 0 Å². The molecule has 1 heterocycles. The van der Waals surface area contributed by atoms with Gasteiger partial charge in [0, 0.05) is 12.6 Å². The van der Waals surface area contributed by atoms with E-state index in [2.05, 4.69) is 9.62 Å². The second-order valence-electron chi connectivity index (χ2n) is 5.05. The number of likely N-dealkylation sites (tertiary alicyclic amines) is 1. The van der Waals surface area contributed by atoms with E-state index >= 15 is 0 Å². The third kappa shape index (κ3) is 3.76. The van der Waals surface area contributed by atoms with E-state index in [0.29, 0.717) is 11.4 Å². The molecule has 19 heavy (non-hydrogen) atoms. The van der Waals surface area contributed by atoms with E-state index in [1.807, 2.05) is 19.2 Å². The third-order valence-corrected chi connectivity index (χ3v) is 4.92. The van der Waals surface area contributed by atoms with Crippen molar-refractivity contribution in [2.24, 2.45) is 5.73 Å². The average Bonchev–Trinajstić information content (AvgIpc) is 2.75. The highest BCUT2D eigenvalue weighted by molar-refractivity contribution is 7.89. The van der Waals surface area contributed by atoms with Gasteiger partial charge in [0.1, 0.15) is 0 Å². The van der Waals surface area contributed by atoms with E-state index < -0.39 is 10.0 Å². The van der Waals surface area contributed by atoms with Gasteiger partial charge in [-0.15, -0.1) is 0 Å². The lowest BCUT2D eigenvalue weighted by atomic mass is 10.2. The van der Waals surface area contributed by atoms with Crippen molar-refractivity contribution < 1.29 is 8.42 Å². The number of nitrogens with two attached hydrogens (primary N) is 1. The molecule has 1 aromatic rings. The van der Waals surface area contributed by atoms with Crippen molar-refractivity contribution in [2.45, 2.75) is 23.8 Å². The van der Waals surface area contributed by atoms with Crippen LogP contribution in [0.4, 0.5) is 0 Å². The summed E-state index contributed by atoms with van der Waals surface area (Å²) in [5, 5.41) is 0. The maximum absolute atomic E-state index is 12.2. The summed E-state index contributed by atoms with van der Waals surface area (Å²) < 4.78 is 27.2. The fraction of sp³-hybridized carbons (Fsp3) is 0.538. The first-order valence-corrected chi connectivity index (χ1v) is 7.99. The van der Waals surface area contributed by atoms with Gasteiger partial charge in [0.2, 0.25) is 10.0 Å². The van der Waals surface area contributed by atoms with Crippen molar-refractivity contribution in [2.75, 3.05) is 26.7 Å². The van der Waals surface area contributed by atoms with Gasteiger partial charge in [-0.3, -0.25) is 0 Å². The van der Waals surface area contributed by atoms with Gasteiger partial charge in [-0.2, -0.15) is 0 Å². The Morgan fingerprint density at radius 1 is 1.37 bits per heavy atom. The molecule has 2 rings (SSSR count). The summed E-state index contributed by atoms with van der Waals surface area (Å²) in [6.07, 6.45) is 1.63. The van der Waals surface area contributed by atoms with Crippen molar-refractivity contribution in [3.8, 4) is 0 Å². The molecule has 0 radical (unpaired) electrons. The Morgan fingerprint density at radius 3 is 2.58 bits per heavy atom. The molecule has 6 heteroatoms. The van der Waals surface area contributed by atoms with Gasteiger partial charge in [-0.1, -0.05) is 12.1 Å². The molecule has 106 valence electrons. The van der Waals surface area contributed by atoms with E-state index in [9.17, 15) is 8.42 Å². The quantitative estimate of drug-likeness (QED) is 0.808. The van der Waals surface area contributed by atoms with E-state index in [4.69, 9.17) is 5.73 Å². The normalized spacial score (nSPS) is 20.8. The second-order valence-corrected chi connectivity index (χ2v) is 6.77. The molecule has 0 aliphatic carbocycles. The van der Waals surface area contributed by atoms with Crippen molar-refractivity contribution in [1.82, 2.24) is 9.62 Å². The monoisotopic (exact) mass is 283 g/mol. The summed E-state index contributed by atoms with van der Waals surface area (Å²) in [5.41, 5.74) is 6.53. The van der Waals surface area contributed by atoms with Gasteiger partial charge in [-0.05, 0) is 50.7 Å². The summed E-state index contributed by atoms with van der Waals surface area (Å²) in [5.74, 6) is 0. The molecule has 5 nitrogen and oxygen atoms in total. The van der Waals surface area contributed by atoms with E-state index in [-0.39, 0.29) is 6.04 Å². The predicted octanol–water partition coefficient (Wildman–Crippen LogP) is 0.170. The Bertz CT molecular complexity index is 513. The average molecular weight is 283 g/mol. The minimum Gasteiger partial charge on any atom is -0.330 e. The van der Waals surface area contributed by atoms with Crippen molar-refractivity contribution in [1.29, 1.82) is 0 Å². The highest BCUT2D eigenvalue weighted by atomic mass is 32.2. The number of sulfonamides is 1. The fourth-order valence-electron chi connectivity index (χ4n) is 2.32. The van der Waals surface area contributed by atoms with E-state index in [1.165, 1.54) is 0 Å². The predicted molar refractivity (Wildman–Crippen MR) is 75.4 cm³/mol.